The third kappa shape index (κ3) is 4.73. The Balaban J connectivity index is 1.34. The van der Waals surface area contributed by atoms with Gasteiger partial charge in [0.05, 0.1) is 11.6 Å². The highest BCUT2D eigenvalue weighted by molar-refractivity contribution is 5.90. The lowest BCUT2D eigenvalue weighted by molar-refractivity contribution is 0.217. The van der Waals surface area contributed by atoms with E-state index in [1.165, 1.54) is 12.1 Å². The van der Waals surface area contributed by atoms with Crippen LogP contribution in [0, 0.1) is 11.3 Å². The minimum atomic E-state index is -0.0922. The summed E-state index contributed by atoms with van der Waals surface area (Å²) in [5, 5.41) is 12.3. The molecule has 0 radical (unpaired) electrons. The topological polar surface area (TPSA) is 62.6 Å². The minimum Gasteiger partial charge on any atom is -0.370 e. The zero-order valence-electron chi connectivity index (χ0n) is 18.2. The highest BCUT2D eigenvalue weighted by atomic mass is 16.2. The molecule has 1 fully saturated rings. The van der Waals surface area contributed by atoms with Crippen molar-refractivity contribution in [2.45, 2.75) is 18.9 Å². The highest BCUT2D eigenvalue weighted by Crippen LogP contribution is 2.26. The van der Waals surface area contributed by atoms with Crippen molar-refractivity contribution in [1.82, 2.24) is 9.80 Å². The molecule has 6 nitrogen and oxygen atoms in total. The second-order valence-corrected chi connectivity index (χ2v) is 8.41. The molecule has 2 aliphatic heterocycles. The van der Waals surface area contributed by atoms with Crippen molar-refractivity contribution in [3.8, 4) is 6.07 Å². The Kier molecular flexibility index (Phi) is 6.24. The molecule has 6 heteroatoms. The second kappa shape index (κ2) is 9.23. The summed E-state index contributed by atoms with van der Waals surface area (Å²) < 4.78 is 0. The third-order valence-corrected chi connectivity index (χ3v) is 6.27. The number of hydrogen-bond donors (Lipinski definition) is 1. The van der Waals surface area contributed by atoms with Crippen LogP contribution < -0.4 is 10.2 Å². The Morgan fingerprint density at radius 3 is 2.55 bits per heavy atom. The summed E-state index contributed by atoms with van der Waals surface area (Å²) in [6.45, 7) is 3.27. The number of anilines is 2. The molecular weight excluding hydrogens is 386 g/mol. The van der Waals surface area contributed by atoms with E-state index >= 15 is 0 Å². The second-order valence-electron chi connectivity index (χ2n) is 8.41. The van der Waals surface area contributed by atoms with Crippen LogP contribution in [0.4, 0.5) is 16.2 Å². The minimum absolute atomic E-state index is 0.0922. The maximum atomic E-state index is 12.7. The first-order valence-corrected chi connectivity index (χ1v) is 10.8. The molecular formula is C25H29N5O. The number of urea groups is 1. The SMILES string of the molecule is CN(C)C1CCN(c2ccc(NC(=O)N3CC=C(c4ccccc4C#N)CC3)cc2)C1. The number of hydrogen-bond acceptors (Lipinski definition) is 4. The van der Waals surface area contributed by atoms with Crippen LogP contribution in [0.5, 0.6) is 0 Å². The van der Waals surface area contributed by atoms with E-state index in [0.717, 1.165) is 36.3 Å². The Hall–Kier alpha value is -3.30. The first-order chi connectivity index (χ1) is 15.0. The molecule has 160 valence electrons. The maximum Gasteiger partial charge on any atom is 0.322 e. The van der Waals surface area contributed by atoms with Crippen molar-refractivity contribution in [1.29, 1.82) is 5.26 Å². The monoisotopic (exact) mass is 415 g/mol. The van der Waals surface area contributed by atoms with Crippen LogP contribution in [0.1, 0.15) is 24.0 Å². The third-order valence-electron chi connectivity index (χ3n) is 6.27. The van der Waals surface area contributed by atoms with Crippen LogP contribution in [-0.4, -0.2) is 62.1 Å². The van der Waals surface area contributed by atoms with E-state index < -0.39 is 0 Å². The summed E-state index contributed by atoms with van der Waals surface area (Å²) in [5.41, 5.74) is 4.79. The number of nitrogens with zero attached hydrogens (tertiary/aromatic N) is 4. The van der Waals surface area contributed by atoms with Crippen molar-refractivity contribution in [2.24, 2.45) is 0 Å². The summed E-state index contributed by atoms with van der Waals surface area (Å²) in [6, 6.07) is 18.5. The average molecular weight is 416 g/mol. The number of nitrogens with one attached hydrogen (secondary N) is 1. The number of nitriles is 1. The fraction of sp³-hybridized carbons (Fsp3) is 0.360. The van der Waals surface area contributed by atoms with Crippen LogP contribution in [-0.2, 0) is 0 Å². The molecule has 2 aliphatic rings. The maximum absolute atomic E-state index is 12.7. The Morgan fingerprint density at radius 2 is 1.90 bits per heavy atom. The number of amides is 2. The van der Waals surface area contributed by atoms with Gasteiger partial charge in [-0.15, -0.1) is 0 Å². The molecule has 1 saturated heterocycles. The van der Waals surface area contributed by atoms with E-state index in [1.807, 2.05) is 36.4 Å². The Labute approximate surface area is 184 Å². The van der Waals surface area contributed by atoms with Gasteiger partial charge >= 0.3 is 6.03 Å². The van der Waals surface area contributed by atoms with E-state index in [0.29, 0.717) is 24.7 Å². The Morgan fingerprint density at radius 1 is 1.13 bits per heavy atom. The van der Waals surface area contributed by atoms with Gasteiger partial charge in [-0.3, -0.25) is 0 Å². The van der Waals surface area contributed by atoms with Crippen molar-refractivity contribution in [2.75, 3.05) is 50.5 Å². The summed E-state index contributed by atoms with van der Waals surface area (Å²) in [7, 11) is 4.27. The number of carbonyl (C=O) groups is 1. The van der Waals surface area contributed by atoms with E-state index in [4.69, 9.17) is 0 Å². The molecule has 0 aromatic heterocycles. The number of likely N-dealkylation sites (N-methyl/N-ethyl adjacent to an activating group) is 1. The van der Waals surface area contributed by atoms with E-state index in [-0.39, 0.29) is 6.03 Å². The van der Waals surface area contributed by atoms with Crippen LogP contribution in [0.3, 0.4) is 0 Å². The molecule has 0 aliphatic carbocycles. The fourth-order valence-electron chi connectivity index (χ4n) is 4.31. The lowest BCUT2D eigenvalue weighted by atomic mass is 9.95. The van der Waals surface area contributed by atoms with Gasteiger partial charge in [-0.2, -0.15) is 5.26 Å². The molecule has 0 saturated carbocycles. The molecule has 0 bridgehead atoms. The van der Waals surface area contributed by atoms with Gasteiger partial charge < -0.3 is 20.0 Å². The van der Waals surface area contributed by atoms with Gasteiger partial charge in [0.15, 0.2) is 0 Å². The van der Waals surface area contributed by atoms with E-state index in [9.17, 15) is 10.1 Å². The first-order valence-electron chi connectivity index (χ1n) is 10.8. The molecule has 2 heterocycles. The van der Waals surface area contributed by atoms with Crippen molar-refractivity contribution >= 4 is 23.0 Å². The fourth-order valence-corrected chi connectivity index (χ4v) is 4.31. The molecule has 1 atom stereocenters. The Bertz CT molecular complexity index is 1010. The van der Waals surface area contributed by atoms with E-state index in [2.05, 4.69) is 53.5 Å². The zero-order valence-corrected chi connectivity index (χ0v) is 18.2. The molecule has 31 heavy (non-hydrogen) atoms. The van der Waals surface area contributed by atoms with Gasteiger partial charge in [0.2, 0.25) is 0 Å². The van der Waals surface area contributed by atoms with Crippen LogP contribution in [0.25, 0.3) is 5.57 Å². The van der Waals surface area contributed by atoms with Crippen molar-refractivity contribution in [3.63, 3.8) is 0 Å². The summed E-state index contributed by atoms with van der Waals surface area (Å²) in [5.74, 6) is 0. The average Bonchev–Trinajstić information content (AvgIpc) is 3.30. The van der Waals surface area contributed by atoms with Gasteiger partial charge in [0, 0.05) is 43.6 Å². The summed E-state index contributed by atoms with van der Waals surface area (Å²) >= 11 is 0. The predicted molar refractivity (Wildman–Crippen MR) is 125 cm³/mol. The van der Waals surface area contributed by atoms with Crippen LogP contribution in [0.15, 0.2) is 54.6 Å². The molecule has 2 aromatic rings. The van der Waals surface area contributed by atoms with Gasteiger partial charge in [-0.1, -0.05) is 24.3 Å². The van der Waals surface area contributed by atoms with Crippen molar-refractivity contribution < 1.29 is 4.79 Å². The lowest BCUT2D eigenvalue weighted by Crippen LogP contribution is -2.37. The summed E-state index contributed by atoms with van der Waals surface area (Å²) in [6.07, 6.45) is 3.97. The van der Waals surface area contributed by atoms with Crippen molar-refractivity contribution in [3.05, 3.63) is 65.7 Å². The van der Waals surface area contributed by atoms with Gasteiger partial charge in [-0.25, -0.2) is 4.79 Å². The lowest BCUT2D eigenvalue weighted by Gasteiger charge is -2.27. The number of carbonyl (C=O) groups excluding carboxylic acids is 1. The molecule has 4 rings (SSSR count). The molecule has 1 N–H and O–H groups in total. The van der Waals surface area contributed by atoms with Crippen LogP contribution in [0.2, 0.25) is 0 Å². The molecule has 1 unspecified atom stereocenters. The number of benzene rings is 2. The van der Waals surface area contributed by atoms with Gasteiger partial charge in [0.25, 0.3) is 0 Å². The number of rotatable bonds is 4. The molecule has 2 amide bonds. The van der Waals surface area contributed by atoms with Gasteiger partial charge in [-0.05, 0) is 68.4 Å². The predicted octanol–water partition coefficient (Wildman–Crippen LogP) is 4.02. The smallest absolute Gasteiger partial charge is 0.322 e. The highest BCUT2D eigenvalue weighted by Gasteiger charge is 2.24. The zero-order chi connectivity index (χ0) is 21.8. The van der Waals surface area contributed by atoms with E-state index in [1.54, 1.807) is 4.90 Å². The standard InChI is InChI=1S/C25H29N5O/c1-28(2)23-13-16-30(18-23)22-9-7-21(8-10-22)27-25(31)29-14-11-19(12-15-29)24-6-4-3-5-20(24)17-26/h3-11,23H,12-16,18H2,1-2H3,(H,27,31). The normalized spacial score (nSPS) is 18.6. The molecule has 0 spiro atoms. The summed E-state index contributed by atoms with van der Waals surface area (Å²) in [4.78, 5) is 19.2. The van der Waals surface area contributed by atoms with Crippen LogP contribution >= 0.6 is 0 Å². The largest absolute Gasteiger partial charge is 0.370 e. The van der Waals surface area contributed by atoms with Gasteiger partial charge in [0.1, 0.15) is 0 Å². The molecule has 2 aromatic carbocycles. The quantitative estimate of drug-likeness (QED) is 0.819. The first kappa shape index (κ1) is 21.0.